The molecule has 1 aliphatic heterocycles. The second kappa shape index (κ2) is 3.17. The monoisotopic (exact) mass is 193 g/mol. The molecule has 0 spiro atoms. The molecular formula is C11H15NO2. The predicted molar refractivity (Wildman–Crippen MR) is 54.6 cm³/mol. The van der Waals surface area contributed by atoms with Crippen molar-refractivity contribution in [2.24, 2.45) is 5.73 Å². The minimum Gasteiger partial charge on any atom is -0.504 e. The van der Waals surface area contributed by atoms with Crippen molar-refractivity contribution < 1.29 is 9.84 Å². The van der Waals surface area contributed by atoms with Gasteiger partial charge in [-0.1, -0.05) is 26.0 Å². The lowest BCUT2D eigenvalue weighted by Crippen LogP contribution is -2.10. The molecule has 14 heavy (non-hydrogen) atoms. The third-order valence-electron chi connectivity index (χ3n) is 2.62. The van der Waals surface area contributed by atoms with Crippen LogP contribution >= 0.6 is 0 Å². The molecule has 0 fully saturated rings. The second-order valence-electron chi connectivity index (χ2n) is 3.99. The summed E-state index contributed by atoms with van der Waals surface area (Å²) in [6, 6.07) is 3.77. The molecule has 2 rings (SSSR count). The normalized spacial score (nSPS) is 19.6. The van der Waals surface area contributed by atoms with Crippen LogP contribution in [0.2, 0.25) is 0 Å². The van der Waals surface area contributed by atoms with Crippen molar-refractivity contribution in [3.05, 3.63) is 23.3 Å². The van der Waals surface area contributed by atoms with Gasteiger partial charge in [0.25, 0.3) is 0 Å². The van der Waals surface area contributed by atoms with Crippen molar-refractivity contribution >= 4 is 0 Å². The molecule has 3 heteroatoms. The molecule has 1 aromatic rings. The number of phenols is 1. The number of benzene rings is 1. The zero-order valence-electron chi connectivity index (χ0n) is 8.45. The SMILES string of the molecule is CC(C)c1ccc2c(c1O)OC[C@H]2N. The highest BCUT2D eigenvalue weighted by atomic mass is 16.5. The van der Waals surface area contributed by atoms with E-state index >= 15 is 0 Å². The van der Waals surface area contributed by atoms with Crippen molar-refractivity contribution in [3.63, 3.8) is 0 Å². The Hall–Kier alpha value is -1.22. The van der Waals surface area contributed by atoms with E-state index in [0.29, 0.717) is 18.3 Å². The number of nitrogens with two attached hydrogens (primary N) is 1. The van der Waals surface area contributed by atoms with Crippen LogP contribution in [-0.2, 0) is 0 Å². The maximum Gasteiger partial charge on any atom is 0.166 e. The molecule has 0 saturated carbocycles. The molecule has 76 valence electrons. The molecule has 1 heterocycles. The van der Waals surface area contributed by atoms with E-state index in [9.17, 15) is 5.11 Å². The first kappa shape index (κ1) is 9.34. The Balaban J connectivity index is 2.53. The van der Waals surface area contributed by atoms with Gasteiger partial charge in [-0.2, -0.15) is 0 Å². The lowest BCUT2D eigenvalue weighted by atomic mass is 9.98. The summed E-state index contributed by atoms with van der Waals surface area (Å²) in [5, 5.41) is 9.92. The van der Waals surface area contributed by atoms with Crippen molar-refractivity contribution in [2.75, 3.05) is 6.61 Å². The van der Waals surface area contributed by atoms with Gasteiger partial charge < -0.3 is 15.6 Å². The molecule has 0 amide bonds. The molecule has 0 unspecified atom stereocenters. The van der Waals surface area contributed by atoms with Crippen LogP contribution < -0.4 is 10.5 Å². The second-order valence-corrected chi connectivity index (χ2v) is 3.99. The number of hydrogen-bond acceptors (Lipinski definition) is 3. The van der Waals surface area contributed by atoms with Gasteiger partial charge >= 0.3 is 0 Å². The Kier molecular flexibility index (Phi) is 2.11. The third-order valence-corrected chi connectivity index (χ3v) is 2.62. The van der Waals surface area contributed by atoms with Crippen molar-refractivity contribution in [3.8, 4) is 11.5 Å². The fourth-order valence-corrected chi connectivity index (χ4v) is 1.77. The van der Waals surface area contributed by atoms with Crippen LogP contribution in [0.1, 0.15) is 36.9 Å². The van der Waals surface area contributed by atoms with Crippen LogP contribution in [0, 0.1) is 0 Å². The molecule has 0 bridgehead atoms. The van der Waals surface area contributed by atoms with E-state index < -0.39 is 0 Å². The predicted octanol–water partition coefficient (Wildman–Crippen LogP) is 1.91. The van der Waals surface area contributed by atoms with Gasteiger partial charge in [0.05, 0.1) is 6.04 Å². The fourth-order valence-electron chi connectivity index (χ4n) is 1.77. The van der Waals surface area contributed by atoms with Crippen LogP contribution in [0.15, 0.2) is 12.1 Å². The molecule has 0 aromatic heterocycles. The smallest absolute Gasteiger partial charge is 0.166 e. The van der Waals surface area contributed by atoms with Crippen LogP contribution in [0.4, 0.5) is 0 Å². The van der Waals surface area contributed by atoms with Crippen LogP contribution in [-0.4, -0.2) is 11.7 Å². The first-order valence-electron chi connectivity index (χ1n) is 4.85. The highest BCUT2D eigenvalue weighted by molar-refractivity contribution is 5.54. The van der Waals surface area contributed by atoms with Gasteiger partial charge in [0, 0.05) is 11.1 Å². The summed E-state index contributed by atoms with van der Waals surface area (Å²) in [6.45, 7) is 4.54. The maximum atomic E-state index is 9.92. The summed E-state index contributed by atoms with van der Waals surface area (Å²) < 4.78 is 5.36. The Morgan fingerprint density at radius 1 is 1.50 bits per heavy atom. The first-order chi connectivity index (χ1) is 6.61. The van der Waals surface area contributed by atoms with Gasteiger partial charge in [-0.15, -0.1) is 0 Å². The number of ether oxygens (including phenoxy) is 1. The maximum absolute atomic E-state index is 9.92. The zero-order valence-corrected chi connectivity index (χ0v) is 8.45. The Morgan fingerprint density at radius 2 is 2.21 bits per heavy atom. The van der Waals surface area contributed by atoms with Gasteiger partial charge in [0.1, 0.15) is 6.61 Å². The molecule has 1 atom stereocenters. The van der Waals surface area contributed by atoms with Crippen LogP contribution in [0.25, 0.3) is 0 Å². The van der Waals surface area contributed by atoms with Crippen molar-refractivity contribution in [1.82, 2.24) is 0 Å². The first-order valence-corrected chi connectivity index (χ1v) is 4.85. The summed E-state index contributed by atoms with van der Waals surface area (Å²) >= 11 is 0. The third kappa shape index (κ3) is 1.24. The van der Waals surface area contributed by atoms with E-state index in [-0.39, 0.29) is 11.8 Å². The van der Waals surface area contributed by atoms with Gasteiger partial charge in [-0.25, -0.2) is 0 Å². The number of phenolic OH excluding ortho intramolecular Hbond substituents is 1. The standard InChI is InChI=1S/C11H15NO2/c1-6(2)7-3-4-8-9(12)5-14-11(8)10(7)13/h3-4,6,9,13H,5,12H2,1-2H3/t9-/m1/s1. The van der Waals surface area contributed by atoms with E-state index in [0.717, 1.165) is 11.1 Å². The number of rotatable bonds is 1. The molecule has 0 radical (unpaired) electrons. The Bertz CT molecular complexity index is 361. The largest absolute Gasteiger partial charge is 0.504 e. The summed E-state index contributed by atoms with van der Waals surface area (Å²) in [6.07, 6.45) is 0. The lowest BCUT2D eigenvalue weighted by Gasteiger charge is -2.11. The molecule has 0 aliphatic carbocycles. The fraction of sp³-hybridized carbons (Fsp3) is 0.455. The summed E-state index contributed by atoms with van der Waals surface area (Å²) in [5.74, 6) is 1.12. The molecule has 0 saturated heterocycles. The van der Waals surface area contributed by atoms with E-state index in [1.807, 2.05) is 26.0 Å². The van der Waals surface area contributed by atoms with Crippen molar-refractivity contribution in [1.29, 1.82) is 0 Å². The molecule has 1 aromatic carbocycles. The summed E-state index contributed by atoms with van der Waals surface area (Å²) in [4.78, 5) is 0. The Labute approximate surface area is 83.5 Å². The zero-order chi connectivity index (χ0) is 10.3. The van der Waals surface area contributed by atoms with Crippen LogP contribution in [0.3, 0.4) is 0 Å². The average Bonchev–Trinajstić information content (AvgIpc) is 2.49. The molecule has 3 nitrogen and oxygen atoms in total. The summed E-state index contributed by atoms with van der Waals surface area (Å²) in [7, 11) is 0. The molecule has 1 aliphatic rings. The van der Waals surface area contributed by atoms with Gasteiger partial charge in [-0.05, 0) is 5.92 Å². The van der Waals surface area contributed by atoms with E-state index in [2.05, 4.69) is 0 Å². The van der Waals surface area contributed by atoms with Crippen LogP contribution in [0.5, 0.6) is 11.5 Å². The van der Waals surface area contributed by atoms with Crippen molar-refractivity contribution in [2.45, 2.75) is 25.8 Å². The van der Waals surface area contributed by atoms with E-state index in [4.69, 9.17) is 10.5 Å². The minimum absolute atomic E-state index is 0.0999. The summed E-state index contributed by atoms with van der Waals surface area (Å²) in [5.41, 5.74) is 7.63. The highest BCUT2D eigenvalue weighted by Gasteiger charge is 2.25. The minimum atomic E-state index is -0.0999. The number of fused-ring (bicyclic) bond motifs is 1. The molecule has 3 N–H and O–H groups in total. The van der Waals surface area contributed by atoms with E-state index in [1.54, 1.807) is 0 Å². The quantitative estimate of drug-likeness (QED) is 0.716. The van der Waals surface area contributed by atoms with E-state index in [1.165, 1.54) is 0 Å². The van der Waals surface area contributed by atoms with Gasteiger partial charge in [0.2, 0.25) is 0 Å². The topological polar surface area (TPSA) is 55.5 Å². The number of hydrogen-bond donors (Lipinski definition) is 2. The molecular weight excluding hydrogens is 178 g/mol. The van der Waals surface area contributed by atoms with Gasteiger partial charge in [-0.3, -0.25) is 0 Å². The highest BCUT2D eigenvalue weighted by Crippen LogP contribution is 2.42. The average molecular weight is 193 g/mol. The number of aromatic hydroxyl groups is 1. The Morgan fingerprint density at radius 3 is 2.86 bits per heavy atom. The lowest BCUT2D eigenvalue weighted by molar-refractivity contribution is 0.315. The van der Waals surface area contributed by atoms with Gasteiger partial charge in [0.15, 0.2) is 11.5 Å².